The number of nitrogens with one attached hydrogen (secondary N) is 2. The molecule has 0 saturated carbocycles. The second-order valence-electron chi connectivity index (χ2n) is 4.68. The summed E-state index contributed by atoms with van der Waals surface area (Å²) in [5.41, 5.74) is 1.64. The number of hydrogen-bond donors (Lipinski definition) is 2. The van der Waals surface area contributed by atoms with Gasteiger partial charge in [0.15, 0.2) is 0 Å². The summed E-state index contributed by atoms with van der Waals surface area (Å²) in [6, 6.07) is 14.9. The first-order valence-corrected chi connectivity index (χ1v) is 6.39. The second kappa shape index (κ2) is 4.16. The van der Waals surface area contributed by atoms with E-state index in [9.17, 15) is 4.79 Å². The fraction of sp³-hybridized carbons (Fsp3) is 0.133. The SMILES string of the molecule is O=C(C1Nc2ccccc2O1)C1Nc2ccccc2O1. The molecule has 0 radical (unpaired) electrons. The molecule has 2 unspecified atom stereocenters. The van der Waals surface area contributed by atoms with E-state index in [4.69, 9.17) is 9.47 Å². The largest absolute Gasteiger partial charge is 0.461 e. The van der Waals surface area contributed by atoms with Crippen molar-refractivity contribution in [1.82, 2.24) is 0 Å². The number of ether oxygens (including phenoxy) is 2. The molecule has 2 aliphatic heterocycles. The number of rotatable bonds is 2. The maximum absolute atomic E-state index is 12.4. The van der Waals surface area contributed by atoms with Crippen molar-refractivity contribution in [3.05, 3.63) is 48.5 Å². The predicted octanol–water partition coefficient (Wildman–Crippen LogP) is 2.22. The lowest BCUT2D eigenvalue weighted by Crippen LogP contribution is -2.43. The van der Waals surface area contributed by atoms with Crippen molar-refractivity contribution < 1.29 is 14.3 Å². The van der Waals surface area contributed by atoms with E-state index in [1.165, 1.54) is 0 Å². The van der Waals surface area contributed by atoms with Crippen LogP contribution in [0.1, 0.15) is 0 Å². The van der Waals surface area contributed by atoms with Crippen LogP contribution in [0.4, 0.5) is 11.4 Å². The van der Waals surface area contributed by atoms with Gasteiger partial charge >= 0.3 is 0 Å². The topological polar surface area (TPSA) is 59.6 Å². The molecular weight excluding hydrogens is 256 g/mol. The summed E-state index contributed by atoms with van der Waals surface area (Å²) in [5, 5.41) is 6.09. The van der Waals surface area contributed by atoms with Gasteiger partial charge in [0.1, 0.15) is 11.5 Å². The van der Waals surface area contributed by atoms with Crippen molar-refractivity contribution in [2.75, 3.05) is 10.6 Å². The molecule has 5 heteroatoms. The average Bonchev–Trinajstić information content (AvgIpc) is 3.10. The molecule has 0 fully saturated rings. The standard InChI is InChI=1S/C15H12N2O3/c18-13(14-16-9-5-1-3-7-11(9)19-14)15-17-10-6-2-4-8-12(10)20-15/h1-8,14-17H. The van der Waals surface area contributed by atoms with Gasteiger partial charge in [-0.3, -0.25) is 4.79 Å². The van der Waals surface area contributed by atoms with E-state index in [2.05, 4.69) is 10.6 Å². The summed E-state index contributed by atoms with van der Waals surface area (Å²) in [6.45, 7) is 0. The van der Waals surface area contributed by atoms with Crippen molar-refractivity contribution in [2.24, 2.45) is 0 Å². The summed E-state index contributed by atoms with van der Waals surface area (Å²) < 4.78 is 11.2. The molecule has 0 amide bonds. The molecule has 0 aliphatic carbocycles. The van der Waals surface area contributed by atoms with Crippen molar-refractivity contribution in [3.63, 3.8) is 0 Å². The lowest BCUT2D eigenvalue weighted by atomic mass is 10.3. The molecule has 0 spiro atoms. The molecule has 5 nitrogen and oxygen atoms in total. The number of ketones is 1. The third kappa shape index (κ3) is 1.67. The van der Waals surface area contributed by atoms with Gasteiger partial charge in [-0.15, -0.1) is 0 Å². The summed E-state index contributed by atoms with van der Waals surface area (Å²) in [7, 11) is 0. The summed E-state index contributed by atoms with van der Waals surface area (Å²) in [5.74, 6) is 1.18. The summed E-state index contributed by atoms with van der Waals surface area (Å²) in [4.78, 5) is 12.4. The van der Waals surface area contributed by atoms with E-state index in [-0.39, 0.29) is 5.78 Å². The van der Waals surface area contributed by atoms with Crippen molar-refractivity contribution in [3.8, 4) is 11.5 Å². The molecule has 2 aromatic rings. The van der Waals surface area contributed by atoms with E-state index < -0.39 is 12.5 Å². The maximum Gasteiger partial charge on any atom is 0.254 e. The molecular formula is C15H12N2O3. The van der Waals surface area contributed by atoms with Crippen LogP contribution in [0, 0.1) is 0 Å². The van der Waals surface area contributed by atoms with Gasteiger partial charge in [-0.2, -0.15) is 0 Å². The van der Waals surface area contributed by atoms with Crippen LogP contribution in [-0.4, -0.2) is 18.2 Å². The number of Topliss-reactive ketones (excluding diaryl/α,β-unsaturated/α-hetero) is 1. The van der Waals surface area contributed by atoms with Gasteiger partial charge in [-0.25, -0.2) is 0 Å². The van der Waals surface area contributed by atoms with E-state index in [1.807, 2.05) is 48.5 Å². The van der Waals surface area contributed by atoms with Crippen LogP contribution in [0.3, 0.4) is 0 Å². The van der Waals surface area contributed by atoms with E-state index in [0.717, 1.165) is 11.4 Å². The lowest BCUT2D eigenvalue weighted by Gasteiger charge is -2.15. The summed E-state index contributed by atoms with van der Waals surface area (Å²) >= 11 is 0. The van der Waals surface area contributed by atoms with Crippen molar-refractivity contribution in [2.45, 2.75) is 12.5 Å². The van der Waals surface area contributed by atoms with Gasteiger partial charge in [0.25, 0.3) is 5.78 Å². The van der Waals surface area contributed by atoms with Crippen LogP contribution in [-0.2, 0) is 4.79 Å². The monoisotopic (exact) mass is 268 g/mol. The lowest BCUT2D eigenvalue weighted by molar-refractivity contribution is -0.129. The van der Waals surface area contributed by atoms with E-state index >= 15 is 0 Å². The Morgan fingerprint density at radius 2 is 1.25 bits per heavy atom. The minimum Gasteiger partial charge on any atom is -0.461 e. The molecule has 2 aliphatic rings. The molecule has 100 valence electrons. The Morgan fingerprint density at radius 1 is 0.800 bits per heavy atom. The maximum atomic E-state index is 12.4. The third-order valence-corrected chi connectivity index (χ3v) is 3.35. The van der Waals surface area contributed by atoms with Crippen LogP contribution in [0.15, 0.2) is 48.5 Å². The molecule has 4 rings (SSSR count). The fourth-order valence-electron chi connectivity index (χ4n) is 2.37. The first kappa shape index (κ1) is 11.2. The molecule has 2 atom stereocenters. The Kier molecular flexibility index (Phi) is 2.32. The van der Waals surface area contributed by atoms with Crippen molar-refractivity contribution in [1.29, 1.82) is 0 Å². The van der Waals surface area contributed by atoms with Crippen LogP contribution in [0.2, 0.25) is 0 Å². The number of hydrogen-bond acceptors (Lipinski definition) is 5. The number of carbonyl (C=O) groups excluding carboxylic acids is 1. The molecule has 0 saturated heterocycles. The van der Waals surface area contributed by atoms with Crippen LogP contribution < -0.4 is 20.1 Å². The average molecular weight is 268 g/mol. The van der Waals surface area contributed by atoms with Crippen molar-refractivity contribution >= 4 is 17.2 Å². The zero-order valence-corrected chi connectivity index (χ0v) is 10.5. The number of anilines is 2. The third-order valence-electron chi connectivity index (χ3n) is 3.35. The van der Waals surface area contributed by atoms with Gasteiger partial charge in [0, 0.05) is 0 Å². The smallest absolute Gasteiger partial charge is 0.254 e. The van der Waals surface area contributed by atoms with E-state index in [0.29, 0.717) is 11.5 Å². The molecule has 2 aromatic carbocycles. The number of carbonyl (C=O) groups is 1. The molecule has 0 aromatic heterocycles. The zero-order chi connectivity index (χ0) is 13.5. The highest BCUT2D eigenvalue weighted by Gasteiger charge is 2.37. The quantitative estimate of drug-likeness (QED) is 0.874. The van der Waals surface area contributed by atoms with Gasteiger partial charge in [-0.1, -0.05) is 24.3 Å². The molecule has 2 heterocycles. The first-order valence-electron chi connectivity index (χ1n) is 6.39. The Labute approximate surface area is 115 Å². The Balaban J connectivity index is 1.51. The molecule has 2 N–H and O–H groups in total. The van der Waals surface area contributed by atoms with Gasteiger partial charge in [-0.05, 0) is 24.3 Å². The van der Waals surface area contributed by atoms with Crippen LogP contribution >= 0.6 is 0 Å². The summed E-state index contributed by atoms with van der Waals surface area (Å²) in [6.07, 6.45) is -1.45. The van der Waals surface area contributed by atoms with E-state index in [1.54, 1.807) is 0 Å². The predicted molar refractivity (Wildman–Crippen MR) is 74.0 cm³/mol. The minimum atomic E-state index is -0.723. The minimum absolute atomic E-state index is 0.183. The second-order valence-corrected chi connectivity index (χ2v) is 4.68. The highest BCUT2D eigenvalue weighted by atomic mass is 16.5. The number of benzene rings is 2. The molecule has 20 heavy (non-hydrogen) atoms. The van der Waals surface area contributed by atoms with Gasteiger partial charge in [0.05, 0.1) is 11.4 Å². The fourth-order valence-corrected chi connectivity index (χ4v) is 2.37. The zero-order valence-electron chi connectivity index (χ0n) is 10.5. The highest BCUT2D eigenvalue weighted by molar-refractivity contribution is 5.94. The van der Waals surface area contributed by atoms with Crippen LogP contribution in [0.5, 0.6) is 11.5 Å². The number of fused-ring (bicyclic) bond motifs is 2. The van der Waals surface area contributed by atoms with Gasteiger partial charge < -0.3 is 20.1 Å². The highest BCUT2D eigenvalue weighted by Crippen LogP contribution is 2.34. The Hall–Kier alpha value is -2.69. The first-order chi connectivity index (χ1) is 9.81. The number of para-hydroxylation sites is 4. The van der Waals surface area contributed by atoms with Gasteiger partial charge in [0.2, 0.25) is 12.5 Å². The Morgan fingerprint density at radius 3 is 1.70 bits per heavy atom. The Bertz CT molecular complexity index is 579. The molecule has 0 bridgehead atoms. The normalized spacial score (nSPS) is 21.8. The van der Waals surface area contributed by atoms with Crippen LogP contribution in [0.25, 0.3) is 0 Å².